The van der Waals surface area contributed by atoms with Gasteiger partial charge in [-0.1, -0.05) is 6.07 Å². The van der Waals surface area contributed by atoms with Gasteiger partial charge in [0.2, 0.25) is 0 Å². The Balaban J connectivity index is 1.48. The number of H-pyrrole nitrogens is 1. The van der Waals surface area contributed by atoms with Crippen LogP contribution in [0.3, 0.4) is 0 Å². The number of nitrogens with one attached hydrogen (secondary N) is 2. The number of carbonyl (C=O) groups is 2. The van der Waals surface area contributed by atoms with Gasteiger partial charge in [-0.2, -0.15) is 5.10 Å². The molecule has 0 radical (unpaired) electrons. The molecule has 2 N–H and O–H groups in total. The van der Waals surface area contributed by atoms with Crippen LogP contribution in [0.5, 0.6) is 0 Å². The summed E-state index contributed by atoms with van der Waals surface area (Å²) in [5.41, 5.74) is 3.15. The van der Waals surface area contributed by atoms with E-state index in [9.17, 15) is 14.0 Å². The Morgan fingerprint density at radius 3 is 2.66 bits per heavy atom. The number of aryl methyl sites for hydroxylation is 1. The van der Waals surface area contributed by atoms with Gasteiger partial charge in [-0.25, -0.2) is 4.39 Å². The molecule has 29 heavy (non-hydrogen) atoms. The van der Waals surface area contributed by atoms with Crippen LogP contribution in [0.15, 0.2) is 48.5 Å². The van der Waals surface area contributed by atoms with Gasteiger partial charge >= 0.3 is 0 Å². The Kier molecular flexibility index (Phi) is 5.12. The smallest absolute Gasteiger partial charge is 0.273 e. The number of aromatic nitrogens is 2. The van der Waals surface area contributed by atoms with Crippen LogP contribution < -0.4 is 5.32 Å². The van der Waals surface area contributed by atoms with E-state index >= 15 is 0 Å². The highest BCUT2D eigenvalue weighted by Gasteiger charge is 2.20. The molecule has 7 heteroatoms. The number of halogens is 1. The third-order valence-corrected chi connectivity index (χ3v) is 5.04. The van der Waals surface area contributed by atoms with E-state index in [1.54, 1.807) is 49.4 Å². The number of benzene rings is 2. The molecular weight excluding hydrogens is 371 g/mol. The number of amides is 2. The summed E-state index contributed by atoms with van der Waals surface area (Å²) in [6, 6.07) is 13.2. The Bertz CT molecular complexity index is 1070. The molecule has 0 unspecified atom stereocenters. The molecule has 1 aliphatic heterocycles. The van der Waals surface area contributed by atoms with Crippen LogP contribution in [0.2, 0.25) is 0 Å². The third kappa shape index (κ3) is 4.03. The van der Waals surface area contributed by atoms with E-state index < -0.39 is 0 Å². The van der Waals surface area contributed by atoms with Crippen molar-refractivity contribution in [2.75, 3.05) is 18.4 Å². The van der Waals surface area contributed by atoms with Crippen molar-refractivity contribution in [2.45, 2.75) is 19.8 Å². The fraction of sp³-hybridized carbons (Fsp3) is 0.227. The summed E-state index contributed by atoms with van der Waals surface area (Å²) in [4.78, 5) is 26.9. The topological polar surface area (TPSA) is 78.1 Å². The minimum Gasteiger partial charge on any atom is -0.339 e. The molecule has 1 saturated heterocycles. The third-order valence-electron chi connectivity index (χ3n) is 5.04. The number of carbonyl (C=O) groups excluding carboxylic acids is 2. The fourth-order valence-electron chi connectivity index (χ4n) is 3.42. The van der Waals surface area contributed by atoms with Crippen LogP contribution in [-0.2, 0) is 0 Å². The van der Waals surface area contributed by atoms with E-state index in [0.29, 0.717) is 22.5 Å². The molecule has 2 amide bonds. The Hall–Kier alpha value is -3.48. The molecule has 0 saturated carbocycles. The Labute approximate surface area is 167 Å². The fourth-order valence-corrected chi connectivity index (χ4v) is 3.42. The first-order valence-corrected chi connectivity index (χ1v) is 9.54. The zero-order valence-electron chi connectivity index (χ0n) is 16.0. The molecule has 2 heterocycles. The van der Waals surface area contributed by atoms with Crippen molar-refractivity contribution in [3.05, 3.63) is 71.2 Å². The molecule has 3 aromatic rings. The van der Waals surface area contributed by atoms with Crippen LogP contribution in [-0.4, -0.2) is 40.0 Å². The molecule has 6 nitrogen and oxygen atoms in total. The number of rotatable bonds is 4. The highest BCUT2D eigenvalue weighted by Crippen LogP contribution is 2.21. The van der Waals surface area contributed by atoms with Crippen molar-refractivity contribution >= 4 is 17.5 Å². The van der Waals surface area contributed by atoms with Crippen molar-refractivity contribution in [3.63, 3.8) is 0 Å². The Morgan fingerprint density at radius 1 is 1.10 bits per heavy atom. The molecular formula is C22H21FN4O2. The van der Waals surface area contributed by atoms with Gasteiger partial charge in [-0.15, -0.1) is 0 Å². The van der Waals surface area contributed by atoms with Crippen molar-refractivity contribution in [1.29, 1.82) is 0 Å². The lowest BCUT2D eigenvalue weighted by Gasteiger charge is -2.15. The van der Waals surface area contributed by atoms with Gasteiger partial charge in [0, 0.05) is 29.9 Å². The summed E-state index contributed by atoms with van der Waals surface area (Å²) < 4.78 is 13.5. The van der Waals surface area contributed by atoms with Crippen LogP contribution in [0.1, 0.15) is 39.3 Å². The number of hydrogen-bond acceptors (Lipinski definition) is 3. The summed E-state index contributed by atoms with van der Waals surface area (Å²) in [6.45, 7) is 3.22. The molecule has 0 bridgehead atoms. The van der Waals surface area contributed by atoms with Gasteiger partial charge in [0.05, 0.1) is 5.69 Å². The van der Waals surface area contributed by atoms with E-state index in [0.717, 1.165) is 31.5 Å². The van der Waals surface area contributed by atoms with E-state index in [1.807, 2.05) is 4.90 Å². The Morgan fingerprint density at radius 2 is 1.90 bits per heavy atom. The average molecular weight is 392 g/mol. The summed E-state index contributed by atoms with van der Waals surface area (Å²) in [5.74, 6) is -0.673. The predicted molar refractivity (Wildman–Crippen MR) is 108 cm³/mol. The molecule has 0 atom stereocenters. The van der Waals surface area contributed by atoms with E-state index in [2.05, 4.69) is 15.5 Å². The molecule has 1 aliphatic rings. The lowest BCUT2D eigenvalue weighted by atomic mass is 10.1. The van der Waals surface area contributed by atoms with Crippen LogP contribution in [0, 0.1) is 12.7 Å². The lowest BCUT2D eigenvalue weighted by Crippen LogP contribution is -2.27. The summed E-state index contributed by atoms with van der Waals surface area (Å²) >= 11 is 0. The zero-order chi connectivity index (χ0) is 20.4. The normalized spacial score (nSPS) is 13.5. The number of nitrogens with zero attached hydrogens (tertiary/aromatic N) is 2. The van der Waals surface area contributed by atoms with E-state index in [4.69, 9.17) is 0 Å². The second-order valence-electron chi connectivity index (χ2n) is 7.17. The van der Waals surface area contributed by atoms with Crippen LogP contribution in [0.25, 0.3) is 11.3 Å². The molecule has 0 aliphatic carbocycles. The molecule has 1 aromatic heterocycles. The van der Waals surface area contributed by atoms with Crippen molar-refractivity contribution in [2.24, 2.45) is 0 Å². The van der Waals surface area contributed by atoms with Gasteiger partial charge < -0.3 is 10.2 Å². The summed E-state index contributed by atoms with van der Waals surface area (Å²) in [6.07, 6.45) is 2.05. The number of anilines is 1. The average Bonchev–Trinajstić information content (AvgIpc) is 3.42. The molecule has 1 fully saturated rings. The molecule has 0 spiro atoms. The molecule has 4 rings (SSSR count). The highest BCUT2D eigenvalue weighted by atomic mass is 19.1. The second-order valence-corrected chi connectivity index (χ2v) is 7.17. The maximum atomic E-state index is 13.5. The first-order valence-electron chi connectivity index (χ1n) is 9.54. The highest BCUT2D eigenvalue weighted by molar-refractivity contribution is 6.04. The minimum atomic E-state index is -0.367. The van der Waals surface area contributed by atoms with Crippen molar-refractivity contribution < 1.29 is 14.0 Å². The van der Waals surface area contributed by atoms with Gasteiger partial charge in [-0.3, -0.25) is 14.7 Å². The predicted octanol–water partition coefficient (Wildman–Crippen LogP) is 4.01. The van der Waals surface area contributed by atoms with Gasteiger partial charge in [0.25, 0.3) is 11.8 Å². The first kappa shape index (κ1) is 18.9. The first-order chi connectivity index (χ1) is 14.0. The maximum Gasteiger partial charge on any atom is 0.273 e. The summed E-state index contributed by atoms with van der Waals surface area (Å²) in [5, 5.41) is 9.65. The van der Waals surface area contributed by atoms with E-state index in [1.165, 1.54) is 6.07 Å². The van der Waals surface area contributed by atoms with Crippen LogP contribution in [0.4, 0.5) is 10.1 Å². The quantitative estimate of drug-likeness (QED) is 0.704. The minimum absolute atomic E-state index is 0.0193. The monoisotopic (exact) mass is 392 g/mol. The SMILES string of the molecule is Cc1cc(-c2cc(C(=O)Nc3cccc(C(=O)N4CCCC4)c3)[nH]n2)ccc1F. The molecule has 2 aromatic carbocycles. The van der Waals surface area contributed by atoms with Gasteiger partial charge in [0.1, 0.15) is 11.5 Å². The van der Waals surface area contributed by atoms with E-state index in [-0.39, 0.29) is 23.3 Å². The largest absolute Gasteiger partial charge is 0.339 e. The maximum absolute atomic E-state index is 13.5. The zero-order valence-corrected chi connectivity index (χ0v) is 16.0. The van der Waals surface area contributed by atoms with Crippen LogP contribution >= 0.6 is 0 Å². The van der Waals surface area contributed by atoms with Gasteiger partial charge in [-0.05, 0) is 67.8 Å². The number of likely N-dealkylation sites (tertiary alicyclic amines) is 1. The standard InChI is InChI=1S/C22H21FN4O2/c1-14-11-15(7-8-18(14)23)19-13-20(26-25-19)21(28)24-17-6-4-5-16(12-17)22(29)27-9-2-3-10-27/h4-8,11-13H,2-3,9-10H2,1H3,(H,24,28)(H,25,26). The molecule has 148 valence electrons. The lowest BCUT2D eigenvalue weighted by molar-refractivity contribution is 0.0792. The number of hydrogen-bond donors (Lipinski definition) is 2. The van der Waals surface area contributed by atoms with Gasteiger partial charge in [0.15, 0.2) is 0 Å². The van der Waals surface area contributed by atoms with Crippen molar-refractivity contribution in [3.8, 4) is 11.3 Å². The summed E-state index contributed by atoms with van der Waals surface area (Å²) in [7, 11) is 0. The van der Waals surface area contributed by atoms with Crippen molar-refractivity contribution in [1.82, 2.24) is 15.1 Å². The second kappa shape index (κ2) is 7.87. The number of aromatic amines is 1.